The number of nitrogens with one attached hydrogen (secondary N) is 1. The molecule has 2 amide bonds. The summed E-state index contributed by atoms with van der Waals surface area (Å²) in [4.78, 5) is 31.1. The van der Waals surface area contributed by atoms with Crippen molar-refractivity contribution in [2.45, 2.75) is 26.4 Å². The van der Waals surface area contributed by atoms with Crippen LogP contribution in [0.2, 0.25) is 0 Å². The fourth-order valence-corrected chi connectivity index (χ4v) is 3.13. The molecule has 0 saturated heterocycles. The highest BCUT2D eigenvalue weighted by Gasteiger charge is 2.41. The first-order valence-electron chi connectivity index (χ1n) is 8.41. The zero-order chi connectivity index (χ0) is 19.8. The van der Waals surface area contributed by atoms with Gasteiger partial charge in [-0.1, -0.05) is 15.9 Å². The van der Waals surface area contributed by atoms with E-state index < -0.39 is 5.66 Å². The van der Waals surface area contributed by atoms with E-state index in [2.05, 4.69) is 26.2 Å². The third-order valence-corrected chi connectivity index (χ3v) is 5.24. The molecule has 2 aromatic rings. The van der Waals surface area contributed by atoms with Gasteiger partial charge < -0.3 is 10.2 Å². The van der Waals surface area contributed by atoms with Gasteiger partial charge >= 0.3 is 0 Å². The van der Waals surface area contributed by atoms with Gasteiger partial charge in [-0.25, -0.2) is 4.39 Å². The number of carbonyl (C=O) groups is 2. The van der Waals surface area contributed by atoms with Crippen molar-refractivity contribution in [1.29, 1.82) is 0 Å². The summed E-state index contributed by atoms with van der Waals surface area (Å²) in [6.45, 7) is 5.32. The molecule has 0 atom stereocenters. The van der Waals surface area contributed by atoms with Gasteiger partial charge in [0.2, 0.25) is 5.91 Å². The van der Waals surface area contributed by atoms with E-state index in [1.807, 2.05) is 19.1 Å². The number of halogens is 2. The van der Waals surface area contributed by atoms with Crippen molar-refractivity contribution >= 4 is 39.1 Å². The molecule has 1 heterocycles. The Morgan fingerprint density at radius 2 is 1.89 bits per heavy atom. The van der Waals surface area contributed by atoms with Crippen molar-refractivity contribution in [2.75, 3.05) is 11.9 Å². The van der Waals surface area contributed by atoms with Crippen LogP contribution in [0.25, 0.3) is 0 Å². The second-order valence-electron chi connectivity index (χ2n) is 6.87. The molecule has 0 unspecified atom stereocenters. The molecular weight excluding hydrogens is 413 g/mol. The molecule has 3 rings (SSSR count). The van der Waals surface area contributed by atoms with E-state index in [0.717, 1.165) is 10.0 Å². The molecule has 0 bridgehead atoms. The Labute approximate surface area is 165 Å². The molecule has 0 radical (unpaired) electrons. The van der Waals surface area contributed by atoms with Gasteiger partial charge in [0.05, 0.1) is 0 Å². The maximum Gasteiger partial charge on any atom is 0.275 e. The van der Waals surface area contributed by atoms with E-state index in [-0.39, 0.29) is 29.9 Å². The summed E-state index contributed by atoms with van der Waals surface area (Å²) in [5, 5.41) is 2.80. The SMILES string of the molecule is Cc1cc(NC(=O)CN2C(=O)C(c3ccc(F)cc3)=NC2(C)C)ccc1Br. The normalized spacial score (nSPS) is 15.7. The highest BCUT2D eigenvalue weighted by atomic mass is 79.9. The second-order valence-corrected chi connectivity index (χ2v) is 7.72. The number of rotatable bonds is 4. The number of benzene rings is 2. The summed E-state index contributed by atoms with van der Waals surface area (Å²) in [7, 11) is 0. The van der Waals surface area contributed by atoms with Crippen molar-refractivity contribution in [3.63, 3.8) is 0 Å². The van der Waals surface area contributed by atoms with Gasteiger partial charge in [-0.05, 0) is 68.8 Å². The van der Waals surface area contributed by atoms with Gasteiger partial charge in [-0.3, -0.25) is 14.6 Å². The van der Waals surface area contributed by atoms with Crippen LogP contribution < -0.4 is 5.32 Å². The van der Waals surface area contributed by atoms with Crippen LogP contribution in [-0.4, -0.2) is 34.6 Å². The van der Waals surface area contributed by atoms with Crippen molar-refractivity contribution in [3.8, 4) is 0 Å². The Balaban J connectivity index is 1.75. The lowest BCUT2D eigenvalue weighted by Crippen LogP contribution is -2.46. The van der Waals surface area contributed by atoms with Crippen molar-refractivity contribution in [2.24, 2.45) is 4.99 Å². The summed E-state index contributed by atoms with van der Waals surface area (Å²) in [5.74, 6) is -1.05. The summed E-state index contributed by atoms with van der Waals surface area (Å²) >= 11 is 3.42. The zero-order valence-corrected chi connectivity index (χ0v) is 16.8. The smallest absolute Gasteiger partial charge is 0.275 e. The topological polar surface area (TPSA) is 61.8 Å². The Hall–Kier alpha value is -2.54. The van der Waals surface area contributed by atoms with Gasteiger partial charge in [0.25, 0.3) is 5.91 Å². The third kappa shape index (κ3) is 4.08. The number of carbonyl (C=O) groups excluding carboxylic acids is 2. The molecule has 1 aliphatic heterocycles. The van der Waals surface area contributed by atoms with E-state index in [1.165, 1.54) is 29.2 Å². The Morgan fingerprint density at radius 1 is 1.22 bits per heavy atom. The first-order valence-corrected chi connectivity index (χ1v) is 9.20. The summed E-state index contributed by atoms with van der Waals surface area (Å²) in [5.41, 5.74) is 1.54. The predicted molar refractivity (Wildman–Crippen MR) is 106 cm³/mol. The second kappa shape index (κ2) is 7.23. The molecule has 0 fully saturated rings. The Bertz CT molecular complexity index is 939. The maximum absolute atomic E-state index is 13.1. The van der Waals surface area contributed by atoms with E-state index in [1.54, 1.807) is 19.9 Å². The number of nitrogens with zero attached hydrogens (tertiary/aromatic N) is 2. The summed E-state index contributed by atoms with van der Waals surface area (Å²) in [6.07, 6.45) is 0. The van der Waals surface area contributed by atoms with Crippen LogP contribution >= 0.6 is 15.9 Å². The quantitative estimate of drug-likeness (QED) is 0.797. The number of amides is 2. The van der Waals surface area contributed by atoms with Crippen molar-refractivity contribution in [3.05, 3.63) is 63.9 Å². The van der Waals surface area contributed by atoms with Gasteiger partial charge in [-0.15, -0.1) is 0 Å². The lowest BCUT2D eigenvalue weighted by molar-refractivity contribution is -0.131. The van der Waals surface area contributed by atoms with Gasteiger partial charge in [0, 0.05) is 15.7 Å². The van der Waals surface area contributed by atoms with Gasteiger partial charge in [0.1, 0.15) is 23.7 Å². The minimum absolute atomic E-state index is 0.130. The molecule has 140 valence electrons. The van der Waals surface area contributed by atoms with Crippen molar-refractivity contribution in [1.82, 2.24) is 4.90 Å². The number of hydrogen-bond donors (Lipinski definition) is 1. The van der Waals surface area contributed by atoms with Gasteiger partial charge in [-0.2, -0.15) is 0 Å². The van der Waals surface area contributed by atoms with Crippen LogP contribution in [0.1, 0.15) is 25.0 Å². The van der Waals surface area contributed by atoms with E-state index >= 15 is 0 Å². The molecule has 0 aliphatic carbocycles. The molecule has 5 nitrogen and oxygen atoms in total. The number of hydrogen-bond acceptors (Lipinski definition) is 3. The summed E-state index contributed by atoms with van der Waals surface area (Å²) < 4.78 is 14.1. The van der Waals surface area contributed by atoms with Crippen LogP contribution in [0.15, 0.2) is 51.9 Å². The fourth-order valence-electron chi connectivity index (χ4n) is 2.89. The zero-order valence-electron chi connectivity index (χ0n) is 15.2. The number of anilines is 1. The monoisotopic (exact) mass is 431 g/mol. The van der Waals surface area contributed by atoms with Crippen LogP contribution in [0, 0.1) is 12.7 Å². The Kier molecular flexibility index (Phi) is 5.15. The van der Waals surface area contributed by atoms with Gasteiger partial charge in [0.15, 0.2) is 0 Å². The van der Waals surface area contributed by atoms with Crippen LogP contribution in [0.3, 0.4) is 0 Å². The predicted octanol–water partition coefficient (Wildman–Crippen LogP) is 3.90. The first kappa shape index (κ1) is 19.2. The molecular formula is C20H19BrFN3O2. The first-order chi connectivity index (χ1) is 12.7. The maximum atomic E-state index is 13.1. The average molecular weight is 432 g/mol. The fraction of sp³-hybridized carbons (Fsp3) is 0.250. The lowest BCUT2D eigenvalue weighted by atomic mass is 10.1. The molecule has 0 spiro atoms. The molecule has 0 saturated carbocycles. The highest BCUT2D eigenvalue weighted by Crippen LogP contribution is 2.26. The van der Waals surface area contributed by atoms with E-state index in [4.69, 9.17) is 0 Å². The summed E-state index contributed by atoms with van der Waals surface area (Å²) in [6, 6.07) is 11.1. The Morgan fingerprint density at radius 3 is 2.52 bits per heavy atom. The van der Waals surface area contributed by atoms with Crippen molar-refractivity contribution < 1.29 is 14.0 Å². The standard InChI is InChI=1S/C20H19BrFN3O2/c1-12-10-15(8-9-16(12)21)23-17(26)11-25-19(27)18(24-20(25,2)3)13-4-6-14(22)7-5-13/h4-10H,11H2,1-3H3,(H,23,26). The lowest BCUT2D eigenvalue weighted by Gasteiger charge is -2.28. The minimum Gasteiger partial charge on any atom is -0.325 e. The molecule has 1 N–H and O–H groups in total. The van der Waals surface area contributed by atoms with Crippen LogP contribution in [0.5, 0.6) is 0 Å². The number of aryl methyl sites for hydroxylation is 1. The third-order valence-electron chi connectivity index (χ3n) is 4.35. The molecule has 7 heteroatoms. The largest absolute Gasteiger partial charge is 0.325 e. The average Bonchev–Trinajstić information content (AvgIpc) is 2.82. The van der Waals surface area contributed by atoms with E-state index in [0.29, 0.717) is 11.3 Å². The molecule has 0 aromatic heterocycles. The van der Waals surface area contributed by atoms with E-state index in [9.17, 15) is 14.0 Å². The molecule has 2 aromatic carbocycles. The number of aliphatic imine (C=N–C) groups is 1. The van der Waals surface area contributed by atoms with Crippen LogP contribution in [-0.2, 0) is 9.59 Å². The highest BCUT2D eigenvalue weighted by molar-refractivity contribution is 9.10. The minimum atomic E-state index is -0.867. The van der Waals surface area contributed by atoms with Crippen LogP contribution in [0.4, 0.5) is 10.1 Å². The molecule has 1 aliphatic rings. The molecule has 27 heavy (non-hydrogen) atoms.